The number of benzene rings is 1. The Morgan fingerprint density at radius 2 is 1.90 bits per heavy atom. The second-order valence-corrected chi connectivity index (χ2v) is 5.81. The lowest BCUT2D eigenvalue weighted by Gasteiger charge is -2.31. The molecule has 1 unspecified atom stereocenters. The van der Waals surface area contributed by atoms with Crippen LogP contribution >= 0.6 is 0 Å². The third-order valence-corrected chi connectivity index (χ3v) is 4.25. The molecule has 0 amide bonds. The van der Waals surface area contributed by atoms with Crippen molar-refractivity contribution in [1.29, 1.82) is 0 Å². The number of nitrogens with zero attached hydrogens (tertiary/aromatic N) is 1. The van der Waals surface area contributed by atoms with Gasteiger partial charge in [-0.25, -0.2) is 0 Å². The van der Waals surface area contributed by atoms with Gasteiger partial charge in [-0.15, -0.1) is 0 Å². The number of piperidine rings is 1. The quantitative estimate of drug-likeness (QED) is 0.868. The highest BCUT2D eigenvalue weighted by Crippen LogP contribution is 2.18. The average molecular weight is 276 g/mol. The van der Waals surface area contributed by atoms with Gasteiger partial charge in [0.2, 0.25) is 0 Å². The Balaban J connectivity index is 1.82. The monoisotopic (exact) mass is 276 g/mol. The molecule has 0 aliphatic carbocycles. The van der Waals surface area contributed by atoms with Crippen LogP contribution < -0.4 is 5.73 Å². The van der Waals surface area contributed by atoms with Crippen molar-refractivity contribution in [3.63, 3.8) is 0 Å². The Labute approximate surface area is 123 Å². The van der Waals surface area contributed by atoms with Crippen LogP contribution in [0.1, 0.15) is 43.7 Å². The minimum absolute atomic E-state index is 0.450. The fraction of sp³-hybridized carbons (Fsp3) is 0.647. The molecule has 2 N–H and O–H groups in total. The Morgan fingerprint density at radius 3 is 2.45 bits per heavy atom. The van der Waals surface area contributed by atoms with Crippen molar-refractivity contribution >= 4 is 0 Å². The van der Waals surface area contributed by atoms with Crippen molar-refractivity contribution in [1.82, 2.24) is 4.90 Å². The van der Waals surface area contributed by atoms with Crippen molar-refractivity contribution < 1.29 is 4.74 Å². The van der Waals surface area contributed by atoms with Gasteiger partial charge in [-0.3, -0.25) is 4.90 Å². The molecule has 0 radical (unpaired) electrons. The third kappa shape index (κ3) is 4.30. The lowest BCUT2D eigenvalue weighted by molar-refractivity contribution is 0.0125. The first-order valence-corrected chi connectivity index (χ1v) is 7.85. The van der Waals surface area contributed by atoms with Gasteiger partial charge >= 0.3 is 0 Å². The second-order valence-electron chi connectivity index (χ2n) is 5.81. The Hall–Kier alpha value is -0.900. The van der Waals surface area contributed by atoms with E-state index in [9.17, 15) is 0 Å². The summed E-state index contributed by atoms with van der Waals surface area (Å²) in [6.45, 7) is 9.15. The standard InChI is InChI=1S/C17H28N2O/c1-3-20-17-8-10-19(11-9-17)13-15-4-6-16(7-5-15)14(2)12-18/h4-7,14,17H,3,8-13,18H2,1-2H3. The Kier molecular flexibility index (Phi) is 6.02. The molecule has 1 fully saturated rings. The van der Waals surface area contributed by atoms with Gasteiger partial charge in [-0.05, 0) is 43.4 Å². The van der Waals surface area contributed by atoms with E-state index in [0.29, 0.717) is 18.6 Å². The Bertz CT molecular complexity index is 382. The zero-order valence-electron chi connectivity index (χ0n) is 12.8. The van der Waals surface area contributed by atoms with E-state index in [1.807, 2.05) is 0 Å². The highest BCUT2D eigenvalue weighted by atomic mass is 16.5. The average Bonchev–Trinajstić information content (AvgIpc) is 2.49. The summed E-state index contributed by atoms with van der Waals surface area (Å²) in [5, 5.41) is 0. The molecule has 3 nitrogen and oxygen atoms in total. The van der Waals surface area contributed by atoms with Crippen molar-refractivity contribution in [2.24, 2.45) is 5.73 Å². The summed E-state index contributed by atoms with van der Waals surface area (Å²) in [4.78, 5) is 2.52. The van der Waals surface area contributed by atoms with Crippen molar-refractivity contribution in [2.45, 2.75) is 45.3 Å². The first-order chi connectivity index (χ1) is 9.72. The SMILES string of the molecule is CCOC1CCN(Cc2ccc(C(C)CN)cc2)CC1. The molecule has 0 aromatic heterocycles. The van der Waals surface area contributed by atoms with E-state index in [1.165, 1.54) is 11.1 Å². The molecule has 0 spiro atoms. The van der Waals surface area contributed by atoms with Crippen LogP contribution in [-0.2, 0) is 11.3 Å². The van der Waals surface area contributed by atoms with Crippen molar-refractivity contribution in [3.05, 3.63) is 35.4 Å². The van der Waals surface area contributed by atoms with Gasteiger partial charge < -0.3 is 10.5 Å². The van der Waals surface area contributed by atoms with E-state index in [2.05, 4.69) is 43.0 Å². The number of likely N-dealkylation sites (tertiary alicyclic amines) is 1. The number of nitrogens with two attached hydrogens (primary N) is 1. The van der Waals surface area contributed by atoms with Crippen LogP contribution in [0, 0.1) is 0 Å². The topological polar surface area (TPSA) is 38.5 Å². The molecule has 1 aromatic rings. The summed E-state index contributed by atoms with van der Waals surface area (Å²) in [6, 6.07) is 8.94. The zero-order chi connectivity index (χ0) is 14.4. The highest BCUT2D eigenvalue weighted by Gasteiger charge is 2.19. The van der Waals surface area contributed by atoms with E-state index in [4.69, 9.17) is 10.5 Å². The van der Waals surface area contributed by atoms with E-state index in [0.717, 1.165) is 39.1 Å². The van der Waals surface area contributed by atoms with Crippen LogP contribution in [0.3, 0.4) is 0 Å². The van der Waals surface area contributed by atoms with Gasteiger partial charge in [0.05, 0.1) is 6.10 Å². The van der Waals surface area contributed by atoms with E-state index in [1.54, 1.807) is 0 Å². The first kappa shape index (κ1) is 15.5. The van der Waals surface area contributed by atoms with Crippen LogP contribution in [0.2, 0.25) is 0 Å². The molecule has 1 saturated heterocycles. The lowest BCUT2D eigenvalue weighted by atomic mass is 9.99. The van der Waals surface area contributed by atoms with Gasteiger partial charge in [0.15, 0.2) is 0 Å². The third-order valence-electron chi connectivity index (χ3n) is 4.25. The summed E-state index contributed by atoms with van der Waals surface area (Å²) in [5.41, 5.74) is 8.44. The summed E-state index contributed by atoms with van der Waals surface area (Å²) < 4.78 is 5.70. The van der Waals surface area contributed by atoms with Crippen LogP contribution in [0.4, 0.5) is 0 Å². The maximum absolute atomic E-state index is 5.71. The van der Waals surface area contributed by atoms with Gasteiger partial charge in [0.1, 0.15) is 0 Å². The fourth-order valence-electron chi connectivity index (χ4n) is 2.82. The molecule has 0 bridgehead atoms. The van der Waals surface area contributed by atoms with E-state index < -0.39 is 0 Å². The zero-order valence-corrected chi connectivity index (χ0v) is 12.8. The molecule has 112 valence electrons. The molecule has 0 saturated carbocycles. The smallest absolute Gasteiger partial charge is 0.0599 e. The number of hydrogen-bond acceptors (Lipinski definition) is 3. The molecule has 1 aromatic carbocycles. The van der Waals surface area contributed by atoms with Crippen LogP contribution in [0.25, 0.3) is 0 Å². The minimum Gasteiger partial charge on any atom is -0.378 e. The van der Waals surface area contributed by atoms with E-state index in [-0.39, 0.29) is 0 Å². The summed E-state index contributed by atoms with van der Waals surface area (Å²) in [6.07, 6.45) is 2.80. The molecule has 20 heavy (non-hydrogen) atoms. The fourth-order valence-corrected chi connectivity index (χ4v) is 2.82. The van der Waals surface area contributed by atoms with Gasteiger partial charge in [-0.1, -0.05) is 31.2 Å². The number of rotatable bonds is 6. The van der Waals surface area contributed by atoms with Crippen LogP contribution in [-0.4, -0.2) is 37.2 Å². The summed E-state index contributed by atoms with van der Waals surface area (Å²) >= 11 is 0. The van der Waals surface area contributed by atoms with Crippen LogP contribution in [0.15, 0.2) is 24.3 Å². The van der Waals surface area contributed by atoms with Crippen molar-refractivity contribution in [3.8, 4) is 0 Å². The van der Waals surface area contributed by atoms with Gasteiger partial charge in [0, 0.05) is 26.2 Å². The highest BCUT2D eigenvalue weighted by molar-refractivity contribution is 5.25. The molecular weight excluding hydrogens is 248 g/mol. The predicted molar refractivity (Wildman–Crippen MR) is 83.8 cm³/mol. The Morgan fingerprint density at radius 1 is 1.25 bits per heavy atom. The summed E-state index contributed by atoms with van der Waals surface area (Å²) in [5.74, 6) is 0.450. The maximum Gasteiger partial charge on any atom is 0.0599 e. The second kappa shape index (κ2) is 7.77. The van der Waals surface area contributed by atoms with E-state index >= 15 is 0 Å². The first-order valence-electron chi connectivity index (χ1n) is 7.85. The predicted octanol–water partition coefficient (Wildman–Crippen LogP) is 2.75. The molecule has 1 aliphatic rings. The molecular formula is C17H28N2O. The number of hydrogen-bond donors (Lipinski definition) is 1. The summed E-state index contributed by atoms with van der Waals surface area (Å²) in [7, 11) is 0. The van der Waals surface area contributed by atoms with Gasteiger partial charge in [-0.2, -0.15) is 0 Å². The normalized spacial score (nSPS) is 19.1. The largest absolute Gasteiger partial charge is 0.378 e. The molecule has 2 rings (SSSR count). The molecule has 3 heteroatoms. The molecule has 1 heterocycles. The lowest BCUT2D eigenvalue weighted by Crippen LogP contribution is -2.36. The molecule has 1 atom stereocenters. The number of ether oxygens (including phenoxy) is 1. The maximum atomic E-state index is 5.71. The van der Waals surface area contributed by atoms with Gasteiger partial charge in [0.25, 0.3) is 0 Å². The van der Waals surface area contributed by atoms with Crippen molar-refractivity contribution in [2.75, 3.05) is 26.2 Å². The molecule has 1 aliphatic heterocycles. The minimum atomic E-state index is 0.450. The van der Waals surface area contributed by atoms with Crippen LogP contribution in [0.5, 0.6) is 0 Å².